The molecule has 1 aliphatic rings. The first-order valence-corrected chi connectivity index (χ1v) is 7.33. The lowest BCUT2D eigenvalue weighted by Gasteiger charge is -2.24. The number of amides is 1. The Balaban J connectivity index is 1.64. The zero-order valence-corrected chi connectivity index (χ0v) is 11.6. The Morgan fingerprint density at radius 1 is 1.58 bits per heavy atom. The van der Waals surface area contributed by atoms with E-state index < -0.39 is 0 Å². The molecule has 2 aromatic rings. The van der Waals surface area contributed by atoms with Gasteiger partial charge in [0.05, 0.1) is 11.2 Å². The second-order valence-electron chi connectivity index (χ2n) is 4.68. The normalized spacial score (nSPS) is 18.1. The zero-order valence-electron chi connectivity index (χ0n) is 10.8. The average Bonchev–Trinajstić information content (AvgIpc) is 3.06. The number of nitrogens with zero attached hydrogens (tertiary/aromatic N) is 3. The van der Waals surface area contributed by atoms with Crippen molar-refractivity contribution in [3.05, 3.63) is 34.3 Å². The molecule has 0 radical (unpaired) electrons. The second kappa shape index (κ2) is 5.13. The van der Waals surface area contributed by atoms with E-state index in [4.69, 9.17) is 0 Å². The van der Waals surface area contributed by atoms with Crippen molar-refractivity contribution in [3.63, 3.8) is 0 Å². The highest BCUT2D eigenvalue weighted by Crippen LogP contribution is 2.16. The first-order chi connectivity index (χ1) is 9.26. The summed E-state index contributed by atoms with van der Waals surface area (Å²) in [6, 6.07) is 0.182. The zero-order chi connectivity index (χ0) is 13.2. The number of hydrogen-bond acceptors (Lipinski definition) is 4. The van der Waals surface area contributed by atoms with Gasteiger partial charge < -0.3 is 9.88 Å². The van der Waals surface area contributed by atoms with Gasteiger partial charge in [0.15, 0.2) is 0 Å². The molecular weight excluding hydrogens is 260 g/mol. The van der Waals surface area contributed by atoms with Crippen LogP contribution in [0.4, 0.5) is 0 Å². The summed E-state index contributed by atoms with van der Waals surface area (Å²) < 4.78 is 2.11. The van der Waals surface area contributed by atoms with Gasteiger partial charge in [0.1, 0.15) is 10.7 Å². The summed E-state index contributed by atoms with van der Waals surface area (Å²) in [4.78, 5) is 21.3. The maximum Gasteiger partial charge on any atom is 0.263 e. The highest BCUT2D eigenvalue weighted by molar-refractivity contribution is 7.13. The van der Waals surface area contributed by atoms with Gasteiger partial charge in [0.25, 0.3) is 5.91 Å². The molecule has 2 aromatic heterocycles. The standard InChI is InChI=1S/C13H16N4OS/c1-2-12-15-7-10(19-12)13(18)16-9-3-4-11-14-5-6-17(11)8-9/h5-7,9H,2-4,8H2,1H3,(H,16,18)/t9-/m1/s1. The number of hydrogen-bond donors (Lipinski definition) is 1. The van der Waals surface area contributed by atoms with Gasteiger partial charge in [-0.25, -0.2) is 9.97 Å². The number of thiazole rings is 1. The summed E-state index contributed by atoms with van der Waals surface area (Å²) in [7, 11) is 0. The Morgan fingerprint density at radius 2 is 2.47 bits per heavy atom. The van der Waals surface area contributed by atoms with Crippen LogP contribution in [-0.2, 0) is 19.4 Å². The molecule has 3 rings (SSSR count). The Bertz CT molecular complexity index is 589. The number of nitrogens with one attached hydrogen (secondary N) is 1. The van der Waals surface area contributed by atoms with Crippen LogP contribution in [0.25, 0.3) is 0 Å². The van der Waals surface area contributed by atoms with Crippen LogP contribution in [0.5, 0.6) is 0 Å². The first kappa shape index (κ1) is 12.3. The predicted octanol–water partition coefficient (Wildman–Crippen LogP) is 1.65. The lowest BCUT2D eigenvalue weighted by Crippen LogP contribution is -2.40. The van der Waals surface area contributed by atoms with Crippen molar-refractivity contribution in [2.75, 3.05) is 0 Å². The quantitative estimate of drug-likeness (QED) is 0.927. The number of aromatic nitrogens is 3. The van der Waals surface area contributed by atoms with Crippen molar-refractivity contribution in [1.29, 1.82) is 0 Å². The molecule has 1 N–H and O–H groups in total. The molecule has 0 saturated heterocycles. The fourth-order valence-corrected chi connectivity index (χ4v) is 3.08. The van der Waals surface area contributed by atoms with E-state index in [1.807, 2.05) is 19.3 Å². The monoisotopic (exact) mass is 276 g/mol. The van der Waals surface area contributed by atoms with E-state index in [1.165, 1.54) is 11.3 Å². The fraction of sp³-hybridized carbons (Fsp3) is 0.462. The molecule has 0 aliphatic carbocycles. The van der Waals surface area contributed by atoms with Crippen molar-refractivity contribution in [2.45, 2.75) is 38.8 Å². The van der Waals surface area contributed by atoms with Crippen LogP contribution in [0.3, 0.4) is 0 Å². The first-order valence-electron chi connectivity index (χ1n) is 6.52. The van der Waals surface area contributed by atoms with Gasteiger partial charge in [0, 0.05) is 31.4 Å². The molecule has 1 aliphatic heterocycles. The number of fused-ring (bicyclic) bond motifs is 1. The molecule has 1 amide bonds. The van der Waals surface area contributed by atoms with Crippen LogP contribution < -0.4 is 5.32 Å². The molecule has 5 nitrogen and oxygen atoms in total. The van der Waals surface area contributed by atoms with E-state index in [-0.39, 0.29) is 11.9 Å². The second-order valence-corrected chi connectivity index (χ2v) is 5.79. The predicted molar refractivity (Wildman–Crippen MR) is 73.3 cm³/mol. The summed E-state index contributed by atoms with van der Waals surface area (Å²) in [5.74, 6) is 1.10. The lowest BCUT2D eigenvalue weighted by atomic mass is 10.1. The summed E-state index contributed by atoms with van der Waals surface area (Å²) in [6.45, 7) is 2.85. The molecule has 0 fully saturated rings. The van der Waals surface area contributed by atoms with Gasteiger partial charge in [0.2, 0.25) is 0 Å². The van der Waals surface area contributed by atoms with Crippen LogP contribution in [0.15, 0.2) is 18.6 Å². The van der Waals surface area contributed by atoms with E-state index in [0.717, 1.165) is 36.6 Å². The van der Waals surface area contributed by atoms with Gasteiger partial charge in [-0.1, -0.05) is 6.92 Å². The third kappa shape index (κ3) is 2.53. The molecule has 1 atom stereocenters. The molecule has 100 valence electrons. The van der Waals surface area contributed by atoms with E-state index in [1.54, 1.807) is 6.20 Å². The highest BCUT2D eigenvalue weighted by Gasteiger charge is 2.21. The smallest absolute Gasteiger partial charge is 0.263 e. The largest absolute Gasteiger partial charge is 0.347 e. The van der Waals surface area contributed by atoms with Crippen molar-refractivity contribution < 1.29 is 4.79 Å². The Kier molecular flexibility index (Phi) is 3.33. The Hall–Kier alpha value is -1.69. The Morgan fingerprint density at radius 3 is 3.26 bits per heavy atom. The average molecular weight is 276 g/mol. The van der Waals surface area contributed by atoms with Crippen LogP contribution >= 0.6 is 11.3 Å². The van der Waals surface area contributed by atoms with Gasteiger partial charge in [-0.3, -0.25) is 4.79 Å². The minimum atomic E-state index is -0.00855. The fourth-order valence-electron chi connectivity index (χ4n) is 2.32. The SMILES string of the molecule is CCc1ncc(C(=O)N[C@@H]2CCc3nccn3C2)s1. The van der Waals surface area contributed by atoms with Gasteiger partial charge in [-0.15, -0.1) is 11.3 Å². The van der Waals surface area contributed by atoms with Gasteiger partial charge >= 0.3 is 0 Å². The lowest BCUT2D eigenvalue weighted by molar-refractivity contribution is 0.0931. The Labute approximate surface area is 115 Å². The van der Waals surface area contributed by atoms with Crippen molar-refractivity contribution in [2.24, 2.45) is 0 Å². The molecule has 0 unspecified atom stereocenters. The van der Waals surface area contributed by atoms with E-state index >= 15 is 0 Å². The van der Waals surface area contributed by atoms with Crippen LogP contribution in [0.2, 0.25) is 0 Å². The van der Waals surface area contributed by atoms with Crippen molar-refractivity contribution in [3.8, 4) is 0 Å². The summed E-state index contributed by atoms with van der Waals surface area (Å²) in [5.41, 5.74) is 0. The number of imidazole rings is 1. The number of rotatable bonds is 3. The maximum atomic E-state index is 12.1. The molecule has 6 heteroatoms. The molecular formula is C13H16N4OS. The minimum Gasteiger partial charge on any atom is -0.347 e. The third-order valence-corrected chi connectivity index (χ3v) is 4.49. The molecule has 0 spiro atoms. The number of aryl methyl sites for hydroxylation is 2. The molecule has 0 bridgehead atoms. The molecule has 19 heavy (non-hydrogen) atoms. The van der Waals surface area contributed by atoms with Crippen molar-refractivity contribution >= 4 is 17.2 Å². The van der Waals surface area contributed by atoms with E-state index in [0.29, 0.717) is 4.88 Å². The summed E-state index contributed by atoms with van der Waals surface area (Å²) >= 11 is 1.47. The highest BCUT2D eigenvalue weighted by atomic mass is 32.1. The van der Waals surface area contributed by atoms with Crippen LogP contribution in [0.1, 0.15) is 33.8 Å². The van der Waals surface area contributed by atoms with E-state index in [2.05, 4.69) is 19.9 Å². The number of carbonyl (C=O) groups is 1. The van der Waals surface area contributed by atoms with Crippen LogP contribution in [0, 0.1) is 0 Å². The number of carbonyl (C=O) groups excluding carboxylic acids is 1. The van der Waals surface area contributed by atoms with Gasteiger partial charge in [-0.05, 0) is 12.8 Å². The van der Waals surface area contributed by atoms with Crippen molar-refractivity contribution in [1.82, 2.24) is 19.9 Å². The minimum absolute atomic E-state index is 0.00855. The maximum absolute atomic E-state index is 12.1. The molecule has 0 aromatic carbocycles. The molecule has 3 heterocycles. The topological polar surface area (TPSA) is 59.8 Å². The van der Waals surface area contributed by atoms with E-state index in [9.17, 15) is 4.79 Å². The van der Waals surface area contributed by atoms with Crippen LogP contribution in [-0.4, -0.2) is 26.5 Å². The third-order valence-electron chi connectivity index (χ3n) is 3.35. The summed E-state index contributed by atoms with van der Waals surface area (Å²) in [5, 5.41) is 4.09. The summed E-state index contributed by atoms with van der Waals surface area (Å²) in [6.07, 6.45) is 8.19. The van der Waals surface area contributed by atoms with Gasteiger partial charge in [-0.2, -0.15) is 0 Å². The molecule has 0 saturated carbocycles.